The van der Waals surface area contributed by atoms with Gasteiger partial charge in [0.25, 0.3) is 5.91 Å². The summed E-state index contributed by atoms with van der Waals surface area (Å²) < 4.78 is 5.29. The van der Waals surface area contributed by atoms with Gasteiger partial charge in [-0.15, -0.1) is 0 Å². The lowest BCUT2D eigenvalue weighted by atomic mass is 10.1. The number of carbonyl (C=O) groups is 1. The number of anilines is 1. The number of rotatable bonds is 4. The Bertz CT molecular complexity index is 759. The van der Waals surface area contributed by atoms with Crippen LogP contribution in [0.3, 0.4) is 0 Å². The van der Waals surface area contributed by atoms with Crippen LogP contribution in [-0.2, 0) is 6.42 Å². The number of aromatic nitrogens is 1. The Morgan fingerprint density at radius 1 is 1.43 bits per heavy atom. The molecule has 0 aliphatic heterocycles. The van der Waals surface area contributed by atoms with Gasteiger partial charge in [-0.3, -0.25) is 4.79 Å². The highest BCUT2D eigenvalue weighted by Gasteiger charge is 2.15. The van der Waals surface area contributed by atoms with E-state index in [2.05, 4.69) is 10.3 Å². The number of hydrogen-bond acceptors (Lipinski definition) is 3. The van der Waals surface area contributed by atoms with Crippen molar-refractivity contribution >= 4 is 22.5 Å². The lowest BCUT2D eigenvalue weighted by molar-refractivity contribution is 0.0941. The second-order valence-electron chi connectivity index (χ2n) is 5.17. The van der Waals surface area contributed by atoms with Crippen LogP contribution in [0.5, 0.6) is 0 Å². The predicted octanol–water partition coefficient (Wildman–Crippen LogP) is 2.70. The Kier molecular flexibility index (Phi) is 3.39. The van der Waals surface area contributed by atoms with Crippen molar-refractivity contribution < 1.29 is 9.21 Å². The molecule has 1 unspecified atom stereocenters. The lowest BCUT2D eigenvalue weighted by Crippen LogP contribution is -2.33. The van der Waals surface area contributed by atoms with Gasteiger partial charge < -0.3 is 20.5 Å². The molecule has 0 fully saturated rings. The first-order valence-corrected chi connectivity index (χ1v) is 6.83. The molecule has 21 heavy (non-hydrogen) atoms. The standard InChI is InChI=1S/C16H17N3O2/c1-10(7-12-3-2-6-21-12)19-16(20)14-9-18-15-8-11(17)4-5-13(14)15/h2-6,8-10,18H,7,17H2,1H3,(H,19,20). The van der Waals surface area contributed by atoms with E-state index in [9.17, 15) is 4.79 Å². The van der Waals surface area contributed by atoms with Crippen LogP contribution in [-0.4, -0.2) is 16.9 Å². The van der Waals surface area contributed by atoms with Gasteiger partial charge in [0, 0.05) is 35.2 Å². The Morgan fingerprint density at radius 3 is 3.05 bits per heavy atom. The minimum absolute atomic E-state index is 0.0117. The van der Waals surface area contributed by atoms with Crippen LogP contribution in [0, 0.1) is 0 Å². The Balaban J connectivity index is 1.74. The van der Waals surface area contributed by atoms with E-state index in [0.29, 0.717) is 17.7 Å². The fraction of sp³-hybridized carbons (Fsp3) is 0.188. The van der Waals surface area contributed by atoms with Gasteiger partial charge in [-0.1, -0.05) is 0 Å². The van der Waals surface area contributed by atoms with E-state index in [-0.39, 0.29) is 11.9 Å². The number of hydrogen-bond donors (Lipinski definition) is 3. The molecule has 3 rings (SSSR count). The van der Waals surface area contributed by atoms with Gasteiger partial charge in [0.05, 0.1) is 11.8 Å². The molecule has 0 aliphatic carbocycles. The molecule has 2 aromatic heterocycles. The highest BCUT2D eigenvalue weighted by molar-refractivity contribution is 6.07. The fourth-order valence-electron chi connectivity index (χ4n) is 2.41. The minimum Gasteiger partial charge on any atom is -0.469 e. The van der Waals surface area contributed by atoms with Crippen molar-refractivity contribution in [1.29, 1.82) is 0 Å². The number of aromatic amines is 1. The fourth-order valence-corrected chi connectivity index (χ4v) is 2.41. The van der Waals surface area contributed by atoms with E-state index in [4.69, 9.17) is 10.2 Å². The molecule has 0 aliphatic rings. The first-order valence-electron chi connectivity index (χ1n) is 6.83. The van der Waals surface area contributed by atoms with E-state index in [0.717, 1.165) is 16.7 Å². The molecule has 3 aromatic rings. The van der Waals surface area contributed by atoms with E-state index in [1.165, 1.54) is 0 Å². The molecule has 0 saturated heterocycles. The van der Waals surface area contributed by atoms with Crippen LogP contribution < -0.4 is 11.1 Å². The summed E-state index contributed by atoms with van der Waals surface area (Å²) in [6.45, 7) is 1.95. The molecule has 0 bridgehead atoms. The molecule has 0 spiro atoms. The Hall–Kier alpha value is -2.69. The first kappa shape index (κ1) is 13.3. The molecule has 0 saturated carbocycles. The third kappa shape index (κ3) is 2.76. The van der Waals surface area contributed by atoms with Crippen LogP contribution in [0.4, 0.5) is 5.69 Å². The zero-order valence-corrected chi connectivity index (χ0v) is 11.7. The summed E-state index contributed by atoms with van der Waals surface area (Å²) in [5.74, 6) is 0.750. The van der Waals surface area contributed by atoms with E-state index < -0.39 is 0 Å². The maximum absolute atomic E-state index is 12.4. The summed E-state index contributed by atoms with van der Waals surface area (Å²) in [5.41, 5.74) is 7.89. The van der Waals surface area contributed by atoms with Gasteiger partial charge in [0.1, 0.15) is 5.76 Å². The molecule has 5 nitrogen and oxygen atoms in total. The zero-order valence-electron chi connectivity index (χ0n) is 11.7. The molecule has 108 valence electrons. The van der Waals surface area contributed by atoms with Gasteiger partial charge in [-0.05, 0) is 37.3 Å². The number of nitrogen functional groups attached to an aromatic ring is 1. The van der Waals surface area contributed by atoms with E-state index in [1.807, 2.05) is 31.2 Å². The molecular weight excluding hydrogens is 266 g/mol. The molecule has 4 N–H and O–H groups in total. The van der Waals surface area contributed by atoms with Crippen molar-refractivity contribution in [1.82, 2.24) is 10.3 Å². The zero-order chi connectivity index (χ0) is 14.8. The predicted molar refractivity (Wildman–Crippen MR) is 82.1 cm³/mol. The summed E-state index contributed by atoms with van der Waals surface area (Å²) in [6, 6.07) is 9.19. The highest BCUT2D eigenvalue weighted by Crippen LogP contribution is 2.20. The quantitative estimate of drug-likeness (QED) is 0.644. The summed E-state index contributed by atoms with van der Waals surface area (Å²) >= 11 is 0. The van der Waals surface area contributed by atoms with E-state index >= 15 is 0 Å². The molecule has 2 heterocycles. The average Bonchev–Trinajstić information content (AvgIpc) is 3.06. The molecule has 5 heteroatoms. The van der Waals surface area contributed by atoms with Gasteiger partial charge in [0.15, 0.2) is 0 Å². The van der Waals surface area contributed by atoms with Crippen molar-refractivity contribution in [2.75, 3.05) is 5.73 Å². The van der Waals surface area contributed by atoms with Crippen LogP contribution in [0.15, 0.2) is 47.2 Å². The molecule has 1 aromatic carbocycles. The van der Waals surface area contributed by atoms with Crippen molar-refractivity contribution in [3.8, 4) is 0 Å². The molecular formula is C16H17N3O2. The summed E-state index contributed by atoms with van der Waals surface area (Å²) in [7, 11) is 0. The molecule has 1 atom stereocenters. The van der Waals surface area contributed by atoms with Gasteiger partial charge >= 0.3 is 0 Å². The largest absolute Gasteiger partial charge is 0.469 e. The van der Waals surface area contributed by atoms with Crippen LogP contribution in [0.2, 0.25) is 0 Å². The number of amides is 1. The molecule has 0 radical (unpaired) electrons. The van der Waals surface area contributed by atoms with Gasteiger partial charge in [-0.2, -0.15) is 0 Å². The third-order valence-corrected chi connectivity index (χ3v) is 3.42. The monoisotopic (exact) mass is 283 g/mol. The summed E-state index contributed by atoms with van der Waals surface area (Å²) in [5, 5.41) is 3.84. The maximum atomic E-state index is 12.4. The van der Waals surface area contributed by atoms with Crippen LogP contribution >= 0.6 is 0 Å². The second-order valence-corrected chi connectivity index (χ2v) is 5.17. The van der Waals surface area contributed by atoms with Crippen molar-refractivity contribution in [2.24, 2.45) is 0 Å². The van der Waals surface area contributed by atoms with Crippen molar-refractivity contribution in [2.45, 2.75) is 19.4 Å². The number of fused-ring (bicyclic) bond motifs is 1. The van der Waals surface area contributed by atoms with E-state index in [1.54, 1.807) is 18.5 Å². The number of furan rings is 1. The first-order chi connectivity index (χ1) is 10.1. The van der Waals surface area contributed by atoms with Gasteiger partial charge in [0.2, 0.25) is 0 Å². The van der Waals surface area contributed by atoms with Crippen LogP contribution in [0.1, 0.15) is 23.0 Å². The topological polar surface area (TPSA) is 84.0 Å². The number of carbonyl (C=O) groups excluding carboxylic acids is 1. The Labute approximate surface area is 122 Å². The SMILES string of the molecule is CC(Cc1ccco1)NC(=O)c1c[nH]c2cc(N)ccc12. The average molecular weight is 283 g/mol. The summed E-state index contributed by atoms with van der Waals surface area (Å²) in [4.78, 5) is 15.4. The molecule has 1 amide bonds. The van der Waals surface area contributed by atoms with Crippen LogP contribution in [0.25, 0.3) is 10.9 Å². The normalized spacial score (nSPS) is 12.4. The van der Waals surface area contributed by atoms with Gasteiger partial charge in [-0.25, -0.2) is 0 Å². The second kappa shape index (κ2) is 5.36. The number of benzene rings is 1. The third-order valence-electron chi connectivity index (χ3n) is 3.42. The number of nitrogens with one attached hydrogen (secondary N) is 2. The number of nitrogens with two attached hydrogens (primary N) is 1. The van der Waals surface area contributed by atoms with Crippen molar-refractivity contribution in [3.63, 3.8) is 0 Å². The number of H-pyrrole nitrogens is 1. The lowest BCUT2D eigenvalue weighted by Gasteiger charge is -2.12. The smallest absolute Gasteiger partial charge is 0.253 e. The van der Waals surface area contributed by atoms with Crippen molar-refractivity contribution in [3.05, 3.63) is 54.1 Å². The summed E-state index contributed by atoms with van der Waals surface area (Å²) in [6.07, 6.45) is 4.00. The minimum atomic E-state index is -0.106. The Morgan fingerprint density at radius 2 is 2.29 bits per heavy atom. The highest BCUT2D eigenvalue weighted by atomic mass is 16.3. The maximum Gasteiger partial charge on any atom is 0.253 e.